The van der Waals surface area contributed by atoms with Gasteiger partial charge in [0, 0.05) is 0 Å². The highest BCUT2D eigenvalue weighted by atomic mass is 32.1. The maximum absolute atomic E-state index is 9.20. The Balaban J connectivity index is 4.09. The van der Waals surface area contributed by atoms with Crippen LogP contribution in [-0.4, -0.2) is 64.2 Å². The van der Waals surface area contributed by atoms with Gasteiger partial charge >= 0.3 is 0 Å². The summed E-state index contributed by atoms with van der Waals surface area (Å²) >= 11 is 3.97. The van der Waals surface area contributed by atoms with Gasteiger partial charge < -0.3 is 29.9 Å². The van der Waals surface area contributed by atoms with Crippen molar-refractivity contribution in [1.29, 1.82) is 0 Å². The van der Waals surface area contributed by atoms with Crippen LogP contribution in [0.4, 0.5) is 0 Å². The van der Waals surface area contributed by atoms with Crippen molar-refractivity contribution >= 4 is 12.6 Å². The molecule has 2 unspecified atom stereocenters. The van der Waals surface area contributed by atoms with Crippen LogP contribution in [0.5, 0.6) is 0 Å². The molecule has 0 bridgehead atoms. The third kappa shape index (κ3) is 6.64. The molecule has 0 aliphatic carbocycles. The molecule has 0 saturated carbocycles. The third-order valence-electron chi connectivity index (χ3n) is 1.85. The lowest BCUT2D eigenvalue weighted by molar-refractivity contribution is -0.280. The zero-order valence-electron chi connectivity index (χ0n) is 9.19. The van der Waals surface area contributed by atoms with Gasteiger partial charge in [-0.3, -0.25) is 0 Å². The number of rotatable bonds is 9. The summed E-state index contributed by atoms with van der Waals surface area (Å²) in [6.07, 6.45) is -4.32. The molecule has 0 aromatic carbocycles. The molecule has 0 radical (unpaired) electrons. The van der Waals surface area contributed by atoms with Gasteiger partial charge in [0.2, 0.25) is 12.6 Å². The molecule has 0 aliphatic rings. The second kappa shape index (κ2) is 9.17. The van der Waals surface area contributed by atoms with Gasteiger partial charge in [-0.1, -0.05) is 0 Å². The Morgan fingerprint density at radius 2 is 1.88 bits per heavy atom. The van der Waals surface area contributed by atoms with E-state index in [1.807, 2.05) is 0 Å². The SMILES string of the molecule is C[C@H](O)C(CO)OC(OCCCS)C(O)O. The van der Waals surface area contributed by atoms with E-state index in [0.717, 1.165) is 0 Å². The predicted octanol–water partition coefficient (Wildman–Crippen LogP) is -1.28. The summed E-state index contributed by atoms with van der Waals surface area (Å²) in [5.41, 5.74) is 0. The second-order valence-corrected chi connectivity index (χ2v) is 3.77. The van der Waals surface area contributed by atoms with E-state index in [0.29, 0.717) is 12.2 Å². The molecule has 16 heavy (non-hydrogen) atoms. The molecule has 0 spiro atoms. The highest BCUT2D eigenvalue weighted by Crippen LogP contribution is 2.08. The van der Waals surface area contributed by atoms with E-state index in [-0.39, 0.29) is 6.61 Å². The average Bonchev–Trinajstić information content (AvgIpc) is 2.22. The molecule has 0 amide bonds. The molecule has 6 nitrogen and oxygen atoms in total. The molecule has 0 heterocycles. The molecule has 0 aliphatic heterocycles. The number of thiol groups is 1. The summed E-state index contributed by atoms with van der Waals surface area (Å²) in [7, 11) is 0. The zero-order chi connectivity index (χ0) is 12.6. The molecule has 98 valence electrons. The fourth-order valence-electron chi connectivity index (χ4n) is 0.941. The topological polar surface area (TPSA) is 99.4 Å². The Morgan fingerprint density at radius 1 is 1.25 bits per heavy atom. The number of aliphatic hydroxyl groups excluding tert-OH is 3. The first-order valence-corrected chi connectivity index (χ1v) is 5.69. The van der Waals surface area contributed by atoms with Crippen molar-refractivity contribution in [2.45, 2.75) is 38.1 Å². The van der Waals surface area contributed by atoms with Crippen LogP contribution in [0.1, 0.15) is 13.3 Å². The van der Waals surface area contributed by atoms with Crippen LogP contribution in [0, 0.1) is 0 Å². The summed E-state index contributed by atoms with van der Waals surface area (Å²) in [6.45, 7) is 1.25. The largest absolute Gasteiger partial charge is 0.394 e. The molecule has 0 rings (SSSR count). The normalized spacial score (nSPS) is 17.4. The fraction of sp³-hybridized carbons (Fsp3) is 1.00. The summed E-state index contributed by atoms with van der Waals surface area (Å²) in [6, 6.07) is 0. The van der Waals surface area contributed by atoms with Crippen molar-refractivity contribution in [2.24, 2.45) is 0 Å². The van der Waals surface area contributed by atoms with Gasteiger partial charge in [-0.25, -0.2) is 0 Å². The van der Waals surface area contributed by atoms with Crippen LogP contribution in [0.2, 0.25) is 0 Å². The van der Waals surface area contributed by atoms with Crippen LogP contribution >= 0.6 is 12.6 Å². The first kappa shape index (κ1) is 16.1. The number of hydrogen-bond acceptors (Lipinski definition) is 7. The molecule has 0 fully saturated rings. The standard InChI is InChI=1S/C9H20O6S/c1-6(11)7(5-10)15-9(8(12)13)14-3-2-4-16/h6-13,16H,2-5H2,1H3/t6-,7?,9?/m0/s1. The monoisotopic (exact) mass is 256 g/mol. The molecule has 0 aromatic heterocycles. The smallest absolute Gasteiger partial charge is 0.209 e. The van der Waals surface area contributed by atoms with Gasteiger partial charge in [0.05, 0.1) is 19.3 Å². The molecule has 0 aromatic rings. The number of hydrogen-bond donors (Lipinski definition) is 5. The zero-order valence-corrected chi connectivity index (χ0v) is 10.1. The van der Waals surface area contributed by atoms with E-state index in [1.54, 1.807) is 0 Å². The lowest BCUT2D eigenvalue weighted by atomic mass is 10.2. The van der Waals surface area contributed by atoms with Gasteiger partial charge in [0.1, 0.15) is 6.10 Å². The predicted molar refractivity (Wildman–Crippen MR) is 60.1 cm³/mol. The average molecular weight is 256 g/mol. The third-order valence-corrected chi connectivity index (χ3v) is 2.17. The minimum Gasteiger partial charge on any atom is -0.394 e. The molecule has 4 N–H and O–H groups in total. The van der Waals surface area contributed by atoms with Crippen molar-refractivity contribution in [1.82, 2.24) is 0 Å². The molecule has 0 saturated heterocycles. The Kier molecular flexibility index (Phi) is 9.24. The van der Waals surface area contributed by atoms with Gasteiger partial charge in [-0.05, 0) is 19.1 Å². The molecular weight excluding hydrogens is 236 g/mol. The quantitative estimate of drug-likeness (QED) is 0.200. The fourth-order valence-corrected chi connectivity index (χ4v) is 1.07. The van der Waals surface area contributed by atoms with Crippen LogP contribution in [0.25, 0.3) is 0 Å². The summed E-state index contributed by atoms with van der Waals surface area (Å²) in [5.74, 6) is 0.605. The Bertz CT molecular complexity index is 166. The van der Waals surface area contributed by atoms with Crippen molar-refractivity contribution in [3.63, 3.8) is 0 Å². The van der Waals surface area contributed by atoms with Crippen LogP contribution in [-0.2, 0) is 9.47 Å². The van der Waals surface area contributed by atoms with Crippen LogP contribution < -0.4 is 0 Å². The van der Waals surface area contributed by atoms with E-state index in [2.05, 4.69) is 12.6 Å². The van der Waals surface area contributed by atoms with Crippen molar-refractivity contribution in [3.05, 3.63) is 0 Å². The van der Waals surface area contributed by atoms with Crippen molar-refractivity contribution in [2.75, 3.05) is 19.0 Å². The van der Waals surface area contributed by atoms with Gasteiger partial charge in [-0.2, -0.15) is 12.6 Å². The van der Waals surface area contributed by atoms with Crippen molar-refractivity contribution < 1.29 is 29.9 Å². The first-order chi connectivity index (χ1) is 7.52. The second-order valence-electron chi connectivity index (χ2n) is 3.33. The maximum atomic E-state index is 9.20. The van der Waals surface area contributed by atoms with Gasteiger partial charge in [0.25, 0.3) is 0 Å². The summed E-state index contributed by atoms with van der Waals surface area (Å²) in [4.78, 5) is 0. The van der Waals surface area contributed by atoms with E-state index in [4.69, 9.17) is 24.8 Å². The highest BCUT2D eigenvalue weighted by molar-refractivity contribution is 7.80. The molecular formula is C9H20O6S. The number of ether oxygens (including phenoxy) is 2. The summed E-state index contributed by atoms with van der Waals surface area (Å²) in [5, 5.41) is 36.0. The Morgan fingerprint density at radius 3 is 2.25 bits per heavy atom. The Hall–Kier alpha value is 0.110. The lowest BCUT2D eigenvalue weighted by Crippen LogP contribution is -2.41. The van der Waals surface area contributed by atoms with E-state index >= 15 is 0 Å². The van der Waals surface area contributed by atoms with E-state index in [1.165, 1.54) is 6.92 Å². The van der Waals surface area contributed by atoms with E-state index in [9.17, 15) is 5.11 Å². The highest BCUT2D eigenvalue weighted by Gasteiger charge is 2.25. The summed E-state index contributed by atoms with van der Waals surface area (Å²) < 4.78 is 10.1. The molecule has 3 atom stereocenters. The van der Waals surface area contributed by atoms with Crippen molar-refractivity contribution in [3.8, 4) is 0 Å². The minimum atomic E-state index is -1.83. The first-order valence-electron chi connectivity index (χ1n) is 5.06. The Labute approximate surface area is 100 Å². The van der Waals surface area contributed by atoms with Gasteiger partial charge in [0.15, 0.2) is 0 Å². The van der Waals surface area contributed by atoms with Gasteiger partial charge in [-0.15, -0.1) is 0 Å². The minimum absolute atomic E-state index is 0.254. The molecule has 7 heteroatoms. The number of aliphatic hydroxyl groups is 4. The van der Waals surface area contributed by atoms with E-state index < -0.39 is 31.4 Å². The van der Waals surface area contributed by atoms with Crippen LogP contribution in [0.15, 0.2) is 0 Å². The lowest BCUT2D eigenvalue weighted by Gasteiger charge is -2.26. The van der Waals surface area contributed by atoms with Crippen LogP contribution in [0.3, 0.4) is 0 Å². The maximum Gasteiger partial charge on any atom is 0.209 e.